The largest absolute Gasteiger partial charge is 0.356 e. The highest BCUT2D eigenvalue weighted by molar-refractivity contribution is 7.89. The molecule has 0 spiro atoms. The quantitative estimate of drug-likeness (QED) is 0.799. The molecule has 0 atom stereocenters. The maximum Gasteiger partial charge on any atom is 0.267 e. The first kappa shape index (κ1) is 18.3. The van der Waals surface area contributed by atoms with E-state index in [2.05, 4.69) is 22.4 Å². The first-order valence-electron chi connectivity index (χ1n) is 9.54. The van der Waals surface area contributed by atoms with E-state index in [-0.39, 0.29) is 21.9 Å². The molecule has 2 aliphatic rings. The van der Waals surface area contributed by atoms with Crippen LogP contribution in [0.15, 0.2) is 47.5 Å². The van der Waals surface area contributed by atoms with Crippen molar-refractivity contribution in [2.75, 3.05) is 19.6 Å². The number of aromatic amines is 1. The van der Waals surface area contributed by atoms with Crippen LogP contribution >= 0.6 is 0 Å². The fourth-order valence-corrected chi connectivity index (χ4v) is 5.55. The van der Waals surface area contributed by atoms with Gasteiger partial charge in [0.15, 0.2) is 0 Å². The highest BCUT2D eigenvalue weighted by Gasteiger charge is 2.39. The second kappa shape index (κ2) is 7.13. The van der Waals surface area contributed by atoms with Gasteiger partial charge in [-0.15, -0.1) is 0 Å². The van der Waals surface area contributed by atoms with Gasteiger partial charge in [0.1, 0.15) is 10.6 Å². The number of nitrogens with one attached hydrogen (secondary N) is 2. The number of amides is 1. The Bertz CT molecular complexity index is 911. The monoisotopic (exact) mass is 387 g/mol. The predicted molar refractivity (Wildman–Crippen MR) is 103 cm³/mol. The molecule has 1 aromatic carbocycles. The normalized spacial score (nSPS) is 19.6. The first-order chi connectivity index (χ1) is 13.0. The Morgan fingerprint density at radius 2 is 1.81 bits per heavy atom. The number of benzene rings is 1. The van der Waals surface area contributed by atoms with E-state index in [0.717, 1.165) is 32.1 Å². The molecular formula is C20H25N3O3S. The minimum atomic E-state index is -3.51. The van der Waals surface area contributed by atoms with Gasteiger partial charge in [0.05, 0.1) is 0 Å². The van der Waals surface area contributed by atoms with Crippen molar-refractivity contribution in [3.05, 3.63) is 53.9 Å². The molecule has 0 bridgehead atoms. The molecule has 2 fully saturated rings. The smallest absolute Gasteiger partial charge is 0.267 e. The number of hydrogen-bond donors (Lipinski definition) is 2. The molecule has 0 unspecified atom stereocenters. The van der Waals surface area contributed by atoms with Crippen LogP contribution in [0, 0.1) is 0 Å². The van der Waals surface area contributed by atoms with E-state index in [1.165, 1.54) is 22.1 Å². The van der Waals surface area contributed by atoms with Gasteiger partial charge in [-0.3, -0.25) is 4.79 Å². The third-order valence-corrected chi connectivity index (χ3v) is 7.76. The summed E-state index contributed by atoms with van der Waals surface area (Å²) in [7, 11) is -3.51. The molecule has 1 aliphatic carbocycles. The van der Waals surface area contributed by atoms with Crippen LogP contribution in [0.4, 0.5) is 0 Å². The SMILES string of the molecule is O=C(NCC1(c2ccccc2)CCC1)c1cc(S(=O)(=O)N2CCCC2)c[nH]1. The van der Waals surface area contributed by atoms with Crippen molar-refractivity contribution in [2.24, 2.45) is 0 Å². The van der Waals surface area contributed by atoms with E-state index in [1.54, 1.807) is 0 Å². The van der Waals surface area contributed by atoms with E-state index < -0.39 is 10.0 Å². The molecule has 27 heavy (non-hydrogen) atoms. The van der Waals surface area contributed by atoms with Gasteiger partial charge >= 0.3 is 0 Å². The number of carbonyl (C=O) groups is 1. The van der Waals surface area contributed by atoms with Crippen LogP contribution in [0.25, 0.3) is 0 Å². The molecule has 1 aromatic heterocycles. The van der Waals surface area contributed by atoms with E-state index >= 15 is 0 Å². The first-order valence-corrected chi connectivity index (χ1v) is 11.0. The second-order valence-electron chi connectivity index (χ2n) is 7.54. The molecule has 1 saturated carbocycles. The Kier molecular flexibility index (Phi) is 4.82. The maximum atomic E-state index is 12.6. The Balaban J connectivity index is 1.44. The van der Waals surface area contributed by atoms with Gasteiger partial charge in [0.25, 0.3) is 5.91 Å². The summed E-state index contributed by atoms with van der Waals surface area (Å²) in [5.41, 5.74) is 1.53. The van der Waals surface area contributed by atoms with Crippen LogP contribution in [0.2, 0.25) is 0 Å². The van der Waals surface area contributed by atoms with Crippen LogP contribution in [0.5, 0.6) is 0 Å². The fraction of sp³-hybridized carbons (Fsp3) is 0.450. The molecule has 4 rings (SSSR count). The van der Waals surface area contributed by atoms with Gasteiger partial charge in [0, 0.05) is 31.2 Å². The summed E-state index contributed by atoms with van der Waals surface area (Å²) >= 11 is 0. The number of rotatable bonds is 6. The molecule has 1 aliphatic heterocycles. The van der Waals surface area contributed by atoms with Crippen LogP contribution in [0.3, 0.4) is 0 Å². The topological polar surface area (TPSA) is 82.3 Å². The lowest BCUT2D eigenvalue weighted by molar-refractivity contribution is 0.0923. The van der Waals surface area contributed by atoms with Crippen molar-refractivity contribution in [2.45, 2.75) is 42.4 Å². The minimum Gasteiger partial charge on any atom is -0.356 e. The summed E-state index contributed by atoms with van der Waals surface area (Å²) in [5, 5.41) is 3.00. The number of aromatic nitrogens is 1. The highest BCUT2D eigenvalue weighted by atomic mass is 32.2. The Morgan fingerprint density at radius 1 is 1.11 bits per heavy atom. The van der Waals surface area contributed by atoms with Gasteiger partial charge in [-0.1, -0.05) is 36.8 Å². The van der Waals surface area contributed by atoms with Crippen molar-refractivity contribution in [1.29, 1.82) is 0 Å². The molecule has 6 nitrogen and oxygen atoms in total. The Morgan fingerprint density at radius 3 is 2.44 bits per heavy atom. The summed E-state index contributed by atoms with van der Waals surface area (Å²) in [6, 6.07) is 11.7. The number of nitrogens with zero attached hydrogens (tertiary/aromatic N) is 1. The molecule has 2 aromatic rings. The molecular weight excluding hydrogens is 362 g/mol. The Labute approximate surface area is 160 Å². The number of hydrogen-bond acceptors (Lipinski definition) is 3. The summed E-state index contributed by atoms with van der Waals surface area (Å²) in [6.45, 7) is 1.66. The minimum absolute atomic E-state index is 0.00598. The zero-order chi connectivity index (χ0) is 18.9. The van der Waals surface area contributed by atoms with E-state index in [1.807, 2.05) is 18.2 Å². The van der Waals surface area contributed by atoms with E-state index in [4.69, 9.17) is 0 Å². The second-order valence-corrected chi connectivity index (χ2v) is 9.48. The van der Waals surface area contributed by atoms with Crippen LogP contribution in [-0.2, 0) is 15.4 Å². The van der Waals surface area contributed by atoms with E-state index in [0.29, 0.717) is 19.6 Å². The molecule has 7 heteroatoms. The molecule has 0 radical (unpaired) electrons. The molecule has 144 valence electrons. The third-order valence-electron chi connectivity index (χ3n) is 5.89. The molecule has 1 amide bonds. The van der Waals surface area contributed by atoms with Crippen molar-refractivity contribution in [3.63, 3.8) is 0 Å². The average Bonchev–Trinajstić information content (AvgIpc) is 3.34. The van der Waals surface area contributed by atoms with E-state index in [9.17, 15) is 13.2 Å². The van der Waals surface area contributed by atoms with Gasteiger partial charge < -0.3 is 10.3 Å². The molecule has 2 heterocycles. The maximum absolute atomic E-state index is 12.6. The van der Waals surface area contributed by atoms with Gasteiger partial charge in [0.2, 0.25) is 10.0 Å². The van der Waals surface area contributed by atoms with Gasteiger partial charge in [-0.25, -0.2) is 8.42 Å². The lowest BCUT2D eigenvalue weighted by Gasteiger charge is -2.42. The standard InChI is InChI=1S/C20H25N3O3S/c24-19(22-15-20(9-6-10-20)16-7-2-1-3-8-16)18-13-17(14-21-18)27(25,26)23-11-4-5-12-23/h1-3,7-8,13-14,21H,4-6,9-12,15H2,(H,22,24). The third kappa shape index (κ3) is 3.41. The zero-order valence-corrected chi connectivity index (χ0v) is 16.1. The fourth-order valence-electron chi connectivity index (χ4n) is 4.04. The lowest BCUT2D eigenvalue weighted by atomic mass is 9.64. The Hall–Kier alpha value is -2.12. The lowest BCUT2D eigenvalue weighted by Crippen LogP contribution is -2.45. The number of carbonyl (C=O) groups excluding carboxylic acids is 1. The summed E-state index contributed by atoms with van der Waals surface area (Å²) in [5.74, 6) is -0.264. The summed E-state index contributed by atoms with van der Waals surface area (Å²) in [4.78, 5) is 15.6. The number of sulfonamides is 1. The average molecular weight is 388 g/mol. The van der Waals surface area contributed by atoms with Crippen molar-refractivity contribution in [3.8, 4) is 0 Å². The zero-order valence-electron chi connectivity index (χ0n) is 15.3. The van der Waals surface area contributed by atoms with Crippen LogP contribution in [0.1, 0.15) is 48.2 Å². The van der Waals surface area contributed by atoms with Crippen LogP contribution in [-0.4, -0.2) is 43.2 Å². The van der Waals surface area contributed by atoms with Gasteiger partial charge in [-0.2, -0.15) is 4.31 Å². The van der Waals surface area contributed by atoms with Crippen molar-refractivity contribution in [1.82, 2.24) is 14.6 Å². The summed E-state index contributed by atoms with van der Waals surface area (Å²) in [6.07, 6.45) is 6.45. The number of H-pyrrole nitrogens is 1. The van der Waals surface area contributed by atoms with Crippen LogP contribution < -0.4 is 5.32 Å². The molecule has 1 saturated heterocycles. The summed E-state index contributed by atoms with van der Waals surface area (Å²) < 4.78 is 26.7. The van der Waals surface area contributed by atoms with Crippen molar-refractivity contribution >= 4 is 15.9 Å². The highest BCUT2D eigenvalue weighted by Crippen LogP contribution is 2.43. The van der Waals surface area contributed by atoms with Gasteiger partial charge in [-0.05, 0) is 37.3 Å². The predicted octanol–water partition coefficient (Wildman–Crippen LogP) is 2.65. The van der Waals surface area contributed by atoms with Crippen molar-refractivity contribution < 1.29 is 13.2 Å². The molecule has 2 N–H and O–H groups in total.